The molecule has 0 spiro atoms. The molecule has 9 aromatic carbocycles. The van der Waals surface area contributed by atoms with Crippen molar-refractivity contribution in [3.05, 3.63) is 176 Å². The Hall–Kier alpha value is -8.22. The number of hydrogen-bond donors (Lipinski definition) is 0. The van der Waals surface area contributed by atoms with Crippen molar-refractivity contribution in [2.24, 2.45) is 0 Å². The molecule has 0 radical (unpaired) electrons. The van der Waals surface area contributed by atoms with Gasteiger partial charge in [0.1, 0.15) is 11.1 Å². The van der Waals surface area contributed by atoms with Crippen LogP contribution in [0.15, 0.2) is 180 Å². The molecular weight excluding hydrogens is 735 g/mol. The second-order valence-corrected chi connectivity index (χ2v) is 16.1. The minimum absolute atomic E-state index is 0.591. The van der Waals surface area contributed by atoms with Crippen LogP contribution in [0.1, 0.15) is 0 Å². The summed E-state index contributed by atoms with van der Waals surface area (Å²) in [4.78, 5) is 11.3. The van der Waals surface area contributed by atoms with Gasteiger partial charge in [0.15, 0.2) is 11.4 Å². The van der Waals surface area contributed by atoms with Crippen LogP contribution in [0.5, 0.6) is 0 Å². The molecule has 6 heteroatoms. The summed E-state index contributed by atoms with van der Waals surface area (Å²) in [6.45, 7) is 0. The number of furan rings is 1. The zero-order chi connectivity index (χ0) is 38.8. The Kier molecular flexibility index (Phi) is 5.57. The molecular formula is C54H29N5O. The van der Waals surface area contributed by atoms with Gasteiger partial charge >= 0.3 is 0 Å². The number of rotatable bonds is 2. The average molecular weight is 764 g/mol. The fourth-order valence-electron chi connectivity index (χ4n) is 10.7. The smallest absolute Gasteiger partial charge is 0.237 e. The second kappa shape index (κ2) is 10.8. The van der Waals surface area contributed by atoms with Crippen molar-refractivity contribution in [3.8, 4) is 11.8 Å². The third-order valence-corrected chi connectivity index (χ3v) is 13.1. The number of benzene rings is 9. The van der Waals surface area contributed by atoms with E-state index >= 15 is 0 Å². The molecule has 15 rings (SSSR count). The number of fused-ring (bicyclic) bond motifs is 19. The molecule has 276 valence electrons. The van der Waals surface area contributed by atoms with Crippen molar-refractivity contribution in [1.29, 1.82) is 0 Å². The van der Waals surface area contributed by atoms with Gasteiger partial charge in [-0.05, 0) is 76.1 Å². The van der Waals surface area contributed by atoms with Gasteiger partial charge in [-0.3, -0.25) is 9.13 Å². The highest BCUT2D eigenvalue weighted by Gasteiger charge is 2.28. The summed E-state index contributed by atoms with van der Waals surface area (Å²) < 4.78 is 13.9. The molecule has 0 aliphatic heterocycles. The summed E-state index contributed by atoms with van der Waals surface area (Å²) >= 11 is 0. The van der Waals surface area contributed by atoms with Crippen molar-refractivity contribution < 1.29 is 4.42 Å². The van der Waals surface area contributed by atoms with Crippen LogP contribution in [0.4, 0.5) is 0 Å². The van der Waals surface area contributed by atoms with E-state index in [9.17, 15) is 0 Å². The lowest BCUT2D eigenvalue weighted by Gasteiger charge is -2.12. The fraction of sp³-hybridized carbons (Fsp3) is 0. The van der Waals surface area contributed by atoms with Gasteiger partial charge in [-0.2, -0.15) is 4.98 Å². The largest absolute Gasteiger partial charge is 0.450 e. The van der Waals surface area contributed by atoms with E-state index in [1.54, 1.807) is 0 Å². The first kappa shape index (κ1) is 30.9. The molecule has 0 N–H and O–H groups in total. The van der Waals surface area contributed by atoms with Crippen molar-refractivity contribution in [2.75, 3.05) is 0 Å². The third-order valence-electron chi connectivity index (χ3n) is 13.1. The summed E-state index contributed by atoms with van der Waals surface area (Å²) in [6.07, 6.45) is 0. The second-order valence-electron chi connectivity index (χ2n) is 16.1. The van der Waals surface area contributed by atoms with E-state index in [-0.39, 0.29) is 0 Å². The molecule has 0 fully saturated rings. The molecule has 0 unspecified atom stereocenters. The Balaban J connectivity index is 1.19. The van der Waals surface area contributed by atoms with E-state index in [2.05, 4.69) is 177 Å². The van der Waals surface area contributed by atoms with Gasteiger partial charge < -0.3 is 8.82 Å². The van der Waals surface area contributed by atoms with Gasteiger partial charge in [0.2, 0.25) is 5.95 Å². The number of aromatic nitrogens is 5. The standard InChI is InChI=1S/C54H29N5O/c1-2-15-32-28-45-38(27-31(32)14-1)40-29-39-34-17-5-9-21-41(34)57-42-22-10-7-19-36(42)48(50(39)57)51(40)59(45)54-55-49-37-20-8-12-24-46(37)60-52(49)53(56-54)58-43-23-11-6-18-35(43)47-33-16-4-3-13-30(33)25-26-44(47)58/h1-29H. The first-order chi connectivity index (χ1) is 29.8. The van der Waals surface area contributed by atoms with Crippen molar-refractivity contribution in [1.82, 2.24) is 23.5 Å². The maximum atomic E-state index is 6.83. The van der Waals surface area contributed by atoms with Gasteiger partial charge in [-0.1, -0.05) is 121 Å². The van der Waals surface area contributed by atoms with Crippen LogP contribution in [0, 0.1) is 0 Å². The average Bonchev–Trinajstić information content (AvgIpc) is 4.10. The Labute approximate surface area is 339 Å². The zero-order valence-electron chi connectivity index (χ0n) is 31.9. The van der Waals surface area contributed by atoms with E-state index in [1.807, 2.05) is 12.1 Å². The first-order valence-electron chi connectivity index (χ1n) is 20.4. The summed E-state index contributed by atoms with van der Waals surface area (Å²) in [6, 6.07) is 63.3. The van der Waals surface area contributed by atoms with Gasteiger partial charge in [0.05, 0.1) is 38.6 Å². The Morgan fingerprint density at radius 1 is 0.367 bits per heavy atom. The predicted molar refractivity (Wildman–Crippen MR) is 248 cm³/mol. The van der Waals surface area contributed by atoms with Crippen molar-refractivity contribution >= 4 is 125 Å². The third kappa shape index (κ3) is 3.71. The molecule has 0 aliphatic rings. The summed E-state index contributed by atoms with van der Waals surface area (Å²) in [5.74, 6) is 1.30. The van der Waals surface area contributed by atoms with Crippen LogP contribution < -0.4 is 0 Å². The van der Waals surface area contributed by atoms with Crippen LogP contribution >= 0.6 is 0 Å². The fourth-order valence-corrected chi connectivity index (χ4v) is 10.7. The monoisotopic (exact) mass is 763 g/mol. The zero-order valence-corrected chi connectivity index (χ0v) is 31.9. The topological polar surface area (TPSA) is 53.2 Å². The molecule has 0 atom stereocenters. The molecule has 0 amide bonds. The highest BCUT2D eigenvalue weighted by atomic mass is 16.3. The molecule has 0 bridgehead atoms. The minimum Gasteiger partial charge on any atom is -0.450 e. The maximum Gasteiger partial charge on any atom is 0.237 e. The molecule has 6 nitrogen and oxygen atoms in total. The summed E-state index contributed by atoms with van der Waals surface area (Å²) in [5.41, 5.74) is 10.1. The van der Waals surface area contributed by atoms with Crippen LogP contribution in [-0.4, -0.2) is 23.5 Å². The number of nitrogens with zero attached hydrogens (tertiary/aromatic N) is 5. The van der Waals surface area contributed by atoms with Crippen LogP contribution in [0.25, 0.3) is 137 Å². The van der Waals surface area contributed by atoms with Crippen LogP contribution in [0.3, 0.4) is 0 Å². The molecule has 0 aliphatic carbocycles. The van der Waals surface area contributed by atoms with Crippen LogP contribution in [0.2, 0.25) is 0 Å². The van der Waals surface area contributed by atoms with E-state index in [0.29, 0.717) is 17.3 Å². The summed E-state index contributed by atoms with van der Waals surface area (Å²) in [7, 11) is 0. The normalized spacial score (nSPS) is 12.7. The number of hydrogen-bond acceptors (Lipinski definition) is 3. The lowest BCUT2D eigenvalue weighted by atomic mass is 10.0. The van der Waals surface area contributed by atoms with Crippen LogP contribution in [-0.2, 0) is 0 Å². The van der Waals surface area contributed by atoms with Crippen molar-refractivity contribution in [3.63, 3.8) is 0 Å². The lowest BCUT2D eigenvalue weighted by molar-refractivity contribution is 0.661. The minimum atomic E-state index is 0.591. The van der Waals surface area contributed by atoms with E-state index < -0.39 is 0 Å². The van der Waals surface area contributed by atoms with Gasteiger partial charge in [0.25, 0.3) is 0 Å². The molecule has 6 heterocycles. The van der Waals surface area contributed by atoms with Gasteiger partial charge in [0, 0.05) is 48.5 Å². The van der Waals surface area contributed by atoms with E-state index in [1.165, 1.54) is 65.0 Å². The molecule has 15 aromatic rings. The maximum absolute atomic E-state index is 6.83. The van der Waals surface area contributed by atoms with Gasteiger partial charge in [-0.25, -0.2) is 4.98 Å². The molecule has 0 saturated heterocycles. The molecule has 6 aromatic heterocycles. The van der Waals surface area contributed by atoms with Crippen molar-refractivity contribution in [2.45, 2.75) is 0 Å². The highest BCUT2D eigenvalue weighted by molar-refractivity contribution is 6.34. The Morgan fingerprint density at radius 3 is 1.80 bits per heavy atom. The Bertz CT molecular complexity index is 4370. The lowest BCUT2D eigenvalue weighted by Crippen LogP contribution is -2.07. The Morgan fingerprint density at radius 2 is 0.983 bits per heavy atom. The van der Waals surface area contributed by atoms with E-state index in [4.69, 9.17) is 14.4 Å². The molecule has 60 heavy (non-hydrogen) atoms. The SMILES string of the molecule is c1ccc2cc3c(cc2c1)c1cc2c4ccccc4n4c5ccccc5c(c1n3-c1nc(-n3c5ccccc5c5c6ccccc6ccc53)c3oc5ccccc5c3n1)c24. The van der Waals surface area contributed by atoms with E-state index in [0.717, 1.165) is 54.7 Å². The summed E-state index contributed by atoms with van der Waals surface area (Å²) in [5, 5.41) is 15.3. The molecule has 0 saturated carbocycles. The quantitative estimate of drug-likeness (QED) is 0.176. The number of para-hydroxylation sites is 4. The first-order valence-corrected chi connectivity index (χ1v) is 20.4. The predicted octanol–water partition coefficient (Wildman–Crippen LogP) is 14.0. The van der Waals surface area contributed by atoms with Gasteiger partial charge in [-0.15, -0.1) is 0 Å². The highest BCUT2D eigenvalue weighted by Crippen LogP contribution is 2.47.